The standard InChI is InChI=1S/C23H20N2O2/c1-2-9-20-18(8-1)16(15-24-20)6-3-7-17-14-19(21-10-4-12-26-21)23(25-17)22-11-5-13-27-22/h1-2,4-5,8-13,15,24H,3,6-7,14H2. The van der Waals surface area contributed by atoms with Crippen LogP contribution in [0, 0.1) is 0 Å². The average molecular weight is 356 g/mol. The van der Waals surface area contributed by atoms with Gasteiger partial charge in [-0.1, -0.05) is 18.2 Å². The number of fused-ring (bicyclic) bond motifs is 1. The van der Waals surface area contributed by atoms with E-state index in [2.05, 4.69) is 35.4 Å². The van der Waals surface area contributed by atoms with Crippen molar-refractivity contribution in [3.05, 3.63) is 84.3 Å². The fraction of sp³-hybridized carbons (Fsp3) is 0.174. The van der Waals surface area contributed by atoms with Crippen LogP contribution in [0.15, 0.2) is 81.1 Å². The van der Waals surface area contributed by atoms with E-state index in [4.69, 9.17) is 13.8 Å². The Balaban J connectivity index is 1.31. The number of aryl methyl sites for hydroxylation is 1. The topological polar surface area (TPSA) is 54.4 Å². The van der Waals surface area contributed by atoms with Crippen LogP contribution in [0.25, 0.3) is 22.2 Å². The number of nitrogens with zero attached hydrogens (tertiary/aromatic N) is 1. The Morgan fingerprint density at radius 2 is 1.70 bits per heavy atom. The van der Waals surface area contributed by atoms with Gasteiger partial charge in [0.15, 0.2) is 5.76 Å². The van der Waals surface area contributed by atoms with Gasteiger partial charge in [0.25, 0.3) is 0 Å². The Hall–Kier alpha value is -3.27. The van der Waals surface area contributed by atoms with Gasteiger partial charge < -0.3 is 13.8 Å². The molecule has 0 amide bonds. The molecule has 3 aromatic heterocycles. The summed E-state index contributed by atoms with van der Waals surface area (Å²) in [6, 6.07) is 16.2. The molecule has 0 atom stereocenters. The van der Waals surface area contributed by atoms with E-state index in [-0.39, 0.29) is 0 Å². The van der Waals surface area contributed by atoms with Crippen molar-refractivity contribution < 1.29 is 8.83 Å². The van der Waals surface area contributed by atoms with Crippen LogP contribution in [0.4, 0.5) is 0 Å². The van der Waals surface area contributed by atoms with E-state index in [1.54, 1.807) is 12.5 Å². The lowest BCUT2D eigenvalue weighted by molar-refractivity contribution is 0.546. The van der Waals surface area contributed by atoms with Crippen LogP contribution in [-0.4, -0.2) is 10.7 Å². The summed E-state index contributed by atoms with van der Waals surface area (Å²) in [5.74, 6) is 1.67. The molecule has 0 unspecified atom stereocenters. The summed E-state index contributed by atoms with van der Waals surface area (Å²) in [5, 5.41) is 1.32. The third-order valence-electron chi connectivity index (χ3n) is 5.10. The monoisotopic (exact) mass is 356 g/mol. The predicted molar refractivity (Wildman–Crippen MR) is 108 cm³/mol. The van der Waals surface area contributed by atoms with Crippen LogP contribution in [0.1, 0.15) is 36.3 Å². The van der Waals surface area contributed by atoms with Crippen molar-refractivity contribution in [2.45, 2.75) is 25.7 Å². The number of aromatic amines is 1. The highest BCUT2D eigenvalue weighted by molar-refractivity contribution is 6.08. The molecular formula is C23H20N2O2. The van der Waals surface area contributed by atoms with Gasteiger partial charge in [0, 0.05) is 34.8 Å². The normalized spacial score (nSPS) is 14.3. The molecule has 1 aliphatic rings. The molecule has 134 valence electrons. The Kier molecular flexibility index (Phi) is 4.02. The number of H-pyrrole nitrogens is 1. The minimum Gasteiger partial charge on any atom is -0.465 e. The van der Waals surface area contributed by atoms with Crippen LogP contribution in [0.5, 0.6) is 0 Å². The molecule has 27 heavy (non-hydrogen) atoms. The number of hydrogen-bond donors (Lipinski definition) is 1. The molecule has 0 saturated heterocycles. The summed E-state index contributed by atoms with van der Waals surface area (Å²) >= 11 is 0. The van der Waals surface area contributed by atoms with Crippen LogP contribution in [0.3, 0.4) is 0 Å². The van der Waals surface area contributed by atoms with Crippen LogP contribution in [-0.2, 0) is 6.42 Å². The van der Waals surface area contributed by atoms with Gasteiger partial charge in [-0.05, 0) is 55.2 Å². The molecule has 4 nitrogen and oxygen atoms in total. The Bertz CT molecular complexity index is 1110. The van der Waals surface area contributed by atoms with E-state index in [9.17, 15) is 0 Å². The van der Waals surface area contributed by atoms with Gasteiger partial charge in [-0.15, -0.1) is 0 Å². The highest BCUT2D eigenvalue weighted by Crippen LogP contribution is 2.37. The number of hydrogen-bond acceptors (Lipinski definition) is 3. The van der Waals surface area contributed by atoms with Crippen molar-refractivity contribution in [2.75, 3.05) is 0 Å². The minimum absolute atomic E-state index is 0.799. The number of rotatable bonds is 6. The second-order valence-electron chi connectivity index (χ2n) is 6.85. The number of allylic oxidation sites excluding steroid dienone is 1. The smallest absolute Gasteiger partial charge is 0.152 e. The van der Waals surface area contributed by atoms with Crippen LogP contribution >= 0.6 is 0 Å². The summed E-state index contributed by atoms with van der Waals surface area (Å²) in [7, 11) is 0. The summed E-state index contributed by atoms with van der Waals surface area (Å²) in [6.45, 7) is 0. The van der Waals surface area contributed by atoms with Gasteiger partial charge in [0.2, 0.25) is 0 Å². The Morgan fingerprint density at radius 1 is 0.889 bits per heavy atom. The van der Waals surface area contributed by atoms with E-state index in [1.807, 2.05) is 24.3 Å². The second kappa shape index (κ2) is 6.80. The maximum Gasteiger partial charge on any atom is 0.152 e. The first kappa shape index (κ1) is 15.9. The van der Waals surface area contributed by atoms with Gasteiger partial charge in [-0.3, -0.25) is 4.99 Å². The largest absolute Gasteiger partial charge is 0.465 e. The van der Waals surface area contributed by atoms with Gasteiger partial charge in [-0.2, -0.15) is 0 Å². The third kappa shape index (κ3) is 3.04. The van der Waals surface area contributed by atoms with Gasteiger partial charge in [-0.25, -0.2) is 0 Å². The highest BCUT2D eigenvalue weighted by atomic mass is 16.3. The predicted octanol–water partition coefficient (Wildman–Crippen LogP) is 6.09. The number of aliphatic imine (C=N–C) groups is 1. The SMILES string of the molecule is c1coc(C2=C(c3ccco3)N=C(CCCc3c[nH]c4ccccc34)C2)c1. The Morgan fingerprint density at radius 3 is 2.52 bits per heavy atom. The number of benzene rings is 1. The lowest BCUT2D eigenvalue weighted by Gasteiger charge is -2.02. The van der Waals surface area contributed by atoms with E-state index in [0.717, 1.165) is 48.5 Å². The number of aromatic nitrogens is 1. The number of para-hydroxylation sites is 1. The maximum atomic E-state index is 5.63. The zero-order chi connectivity index (χ0) is 18.1. The van der Waals surface area contributed by atoms with Crippen molar-refractivity contribution in [1.29, 1.82) is 0 Å². The number of nitrogens with one attached hydrogen (secondary N) is 1. The van der Waals surface area contributed by atoms with Crippen LogP contribution < -0.4 is 0 Å². The molecular weight excluding hydrogens is 336 g/mol. The molecule has 4 heterocycles. The zero-order valence-corrected chi connectivity index (χ0v) is 14.9. The average Bonchev–Trinajstić information content (AvgIpc) is 3.47. The molecule has 0 fully saturated rings. The van der Waals surface area contributed by atoms with Crippen molar-refractivity contribution in [2.24, 2.45) is 4.99 Å². The maximum absolute atomic E-state index is 5.63. The molecule has 1 N–H and O–H groups in total. The molecule has 4 heteroatoms. The van der Waals surface area contributed by atoms with Gasteiger partial charge in [0.1, 0.15) is 11.5 Å². The summed E-state index contributed by atoms with van der Waals surface area (Å²) < 4.78 is 11.2. The lowest BCUT2D eigenvalue weighted by atomic mass is 10.0. The third-order valence-corrected chi connectivity index (χ3v) is 5.10. The molecule has 4 aromatic rings. The van der Waals surface area contributed by atoms with E-state index in [1.165, 1.54) is 22.2 Å². The molecule has 0 spiro atoms. The fourth-order valence-corrected chi connectivity index (χ4v) is 3.79. The highest BCUT2D eigenvalue weighted by Gasteiger charge is 2.23. The zero-order valence-electron chi connectivity index (χ0n) is 14.9. The first-order valence-electron chi connectivity index (χ1n) is 9.31. The second-order valence-corrected chi connectivity index (χ2v) is 6.85. The van der Waals surface area contributed by atoms with Crippen molar-refractivity contribution >= 4 is 27.9 Å². The minimum atomic E-state index is 0.799. The summed E-state index contributed by atoms with van der Waals surface area (Å²) in [4.78, 5) is 8.24. The first-order chi connectivity index (χ1) is 13.4. The van der Waals surface area contributed by atoms with Gasteiger partial charge in [0.05, 0.1) is 12.5 Å². The van der Waals surface area contributed by atoms with E-state index >= 15 is 0 Å². The molecule has 0 aliphatic carbocycles. The van der Waals surface area contributed by atoms with Crippen molar-refractivity contribution in [3.8, 4) is 0 Å². The first-order valence-corrected chi connectivity index (χ1v) is 9.31. The molecule has 0 saturated carbocycles. The molecule has 1 aromatic carbocycles. The van der Waals surface area contributed by atoms with Gasteiger partial charge >= 0.3 is 0 Å². The van der Waals surface area contributed by atoms with Crippen molar-refractivity contribution in [3.63, 3.8) is 0 Å². The Labute approximate surface area is 157 Å². The molecule has 0 radical (unpaired) electrons. The summed E-state index contributed by atoms with van der Waals surface area (Å²) in [5.41, 5.74) is 5.77. The molecule has 5 rings (SSSR count). The lowest BCUT2D eigenvalue weighted by Crippen LogP contribution is -1.96. The molecule has 1 aliphatic heterocycles. The number of furan rings is 2. The van der Waals surface area contributed by atoms with Crippen LogP contribution in [0.2, 0.25) is 0 Å². The van der Waals surface area contributed by atoms with Crippen molar-refractivity contribution in [1.82, 2.24) is 4.98 Å². The summed E-state index contributed by atoms with van der Waals surface area (Å²) in [6.07, 6.45) is 9.41. The fourth-order valence-electron chi connectivity index (χ4n) is 3.79. The molecule has 0 bridgehead atoms. The van der Waals surface area contributed by atoms with E-state index in [0.29, 0.717) is 0 Å². The quantitative estimate of drug-likeness (QED) is 0.454. The van der Waals surface area contributed by atoms with E-state index < -0.39 is 0 Å².